The Kier molecular flexibility index (Phi) is 4.70. The molecule has 1 fully saturated rings. The van der Waals surface area contributed by atoms with Crippen molar-refractivity contribution in [2.24, 2.45) is 11.8 Å². The zero-order valence-corrected chi connectivity index (χ0v) is 14.4. The molecule has 21 heavy (non-hydrogen) atoms. The van der Waals surface area contributed by atoms with E-state index in [0.29, 0.717) is 12.0 Å². The van der Waals surface area contributed by atoms with Crippen molar-refractivity contribution in [1.82, 2.24) is 5.32 Å². The molecule has 1 aliphatic rings. The van der Waals surface area contributed by atoms with E-state index >= 15 is 0 Å². The van der Waals surface area contributed by atoms with Gasteiger partial charge in [-0.25, -0.2) is 0 Å². The zero-order valence-electron chi connectivity index (χ0n) is 12.9. The highest BCUT2D eigenvalue weighted by atomic mass is 79.9. The molecule has 0 aliphatic heterocycles. The van der Waals surface area contributed by atoms with Crippen molar-refractivity contribution in [3.05, 3.63) is 34.5 Å². The lowest BCUT2D eigenvalue weighted by Crippen LogP contribution is -2.32. The van der Waals surface area contributed by atoms with Crippen LogP contribution in [-0.2, 0) is 0 Å². The highest BCUT2D eigenvalue weighted by Gasteiger charge is 2.32. The molecular formula is C18H24BrNO. The average Bonchev–Trinajstić information content (AvgIpc) is 2.94. The van der Waals surface area contributed by atoms with Gasteiger partial charge in [-0.2, -0.15) is 0 Å². The Morgan fingerprint density at radius 1 is 1.33 bits per heavy atom. The van der Waals surface area contributed by atoms with Gasteiger partial charge < -0.3 is 9.73 Å². The normalized spacial score (nSPS) is 24.3. The third-order valence-electron chi connectivity index (χ3n) is 5.05. The Bertz CT molecular complexity index is 606. The summed E-state index contributed by atoms with van der Waals surface area (Å²) in [5.74, 6) is 2.59. The predicted octanol–water partition coefficient (Wildman–Crippen LogP) is 5.67. The summed E-state index contributed by atoms with van der Waals surface area (Å²) in [6.45, 7) is 2.32. The van der Waals surface area contributed by atoms with E-state index in [2.05, 4.69) is 53.4 Å². The fourth-order valence-electron chi connectivity index (χ4n) is 3.95. The second kappa shape index (κ2) is 6.53. The van der Waals surface area contributed by atoms with Crippen LogP contribution in [0.1, 0.15) is 50.8 Å². The maximum absolute atomic E-state index is 6.19. The Labute approximate surface area is 135 Å². The van der Waals surface area contributed by atoms with Gasteiger partial charge in [0, 0.05) is 5.39 Å². The largest absolute Gasteiger partial charge is 0.458 e. The minimum atomic E-state index is 0.328. The van der Waals surface area contributed by atoms with Crippen molar-refractivity contribution in [3.63, 3.8) is 0 Å². The first-order valence-corrected chi connectivity index (χ1v) is 8.89. The van der Waals surface area contributed by atoms with E-state index < -0.39 is 0 Å². The first kappa shape index (κ1) is 15.1. The van der Waals surface area contributed by atoms with Crippen molar-refractivity contribution in [2.45, 2.75) is 45.1 Å². The molecule has 0 saturated heterocycles. The van der Waals surface area contributed by atoms with Crippen molar-refractivity contribution in [3.8, 4) is 0 Å². The molecule has 0 bridgehead atoms. The zero-order chi connectivity index (χ0) is 14.8. The van der Waals surface area contributed by atoms with Crippen LogP contribution >= 0.6 is 15.9 Å². The number of halogens is 1. The molecule has 1 heterocycles. The lowest BCUT2D eigenvalue weighted by molar-refractivity contribution is 0.168. The minimum absolute atomic E-state index is 0.328. The van der Waals surface area contributed by atoms with E-state index in [9.17, 15) is 0 Å². The van der Waals surface area contributed by atoms with Gasteiger partial charge in [-0.3, -0.25) is 0 Å². The SMILES string of the molecule is CCC1CCCCC1C(NC)c1cc2cccc(Br)c2o1. The summed E-state index contributed by atoms with van der Waals surface area (Å²) < 4.78 is 7.23. The molecule has 3 unspecified atom stereocenters. The Hall–Kier alpha value is -0.800. The van der Waals surface area contributed by atoms with Crippen LogP contribution in [0.2, 0.25) is 0 Å². The first-order valence-electron chi connectivity index (χ1n) is 8.09. The summed E-state index contributed by atoms with van der Waals surface area (Å²) in [6.07, 6.45) is 6.68. The van der Waals surface area contributed by atoms with Gasteiger partial charge in [0.1, 0.15) is 11.3 Å². The van der Waals surface area contributed by atoms with Gasteiger partial charge in [-0.05, 0) is 53.4 Å². The summed E-state index contributed by atoms with van der Waals surface area (Å²) in [4.78, 5) is 0. The second-order valence-corrected chi connectivity index (χ2v) is 7.04. The second-order valence-electron chi connectivity index (χ2n) is 6.19. The number of benzene rings is 1. The van der Waals surface area contributed by atoms with Gasteiger partial charge in [-0.1, -0.05) is 44.7 Å². The van der Waals surface area contributed by atoms with Crippen LogP contribution in [0, 0.1) is 11.8 Å². The van der Waals surface area contributed by atoms with Crippen LogP contribution in [-0.4, -0.2) is 7.05 Å². The molecule has 3 atom stereocenters. The minimum Gasteiger partial charge on any atom is -0.458 e. The highest BCUT2D eigenvalue weighted by Crippen LogP contribution is 2.41. The van der Waals surface area contributed by atoms with Gasteiger partial charge >= 0.3 is 0 Å². The van der Waals surface area contributed by atoms with Crippen molar-refractivity contribution in [2.75, 3.05) is 7.05 Å². The molecule has 0 spiro atoms. The van der Waals surface area contributed by atoms with E-state index in [0.717, 1.165) is 21.7 Å². The smallest absolute Gasteiger partial charge is 0.148 e. The van der Waals surface area contributed by atoms with Gasteiger partial charge in [-0.15, -0.1) is 0 Å². The quantitative estimate of drug-likeness (QED) is 0.768. The third-order valence-corrected chi connectivity index (χ3v) is 5.68. The molecule has 0 radical (unpaired) electrons. The fraction of sp³-hybridized carbons (Fsp3) is 0.556. The number of hydrogen-bond donors (Lipinski definition) is 1. The first-order chi connectivity index (χ1) is 10.2. The summed E-state index contributed by atoms with van der Waals surface area (Å²) >= 11 is 3.59. The monoisotopic (exact) mass is 349 g/mol. The lowest BCUT2D eigenvalue weighted by Gasteiger charge is -2.35. The molecule has 3 rings (SSSR count). The summed E-state index contributed by atoms with van der Waals surface area (Å²) in [7, 11) is 2.06. The van der Waals surface area contributed by atoms with Crippen molar-refractivity contribution >= 4 is 26.9 Å². The van der Waals surface area contributed by atoms with Crippen molar-refractivity contribution < 1.29 is 4.42 Å². The molecule has 0 amide bonds. The average molecular weight is 350 g/mol. The third kappa shape index (κ3) is 2.91. The number of nitrogens with one attached hydrogen (secondary N) is 1. The maximum atomic E-state index is 6.19. The van der Waals surface area contributed by atoms with E-state index in [1.54, 1.807) is 0 Å². The van der Waals surface area contributed by atoms with Crippen LogP contribution in [0.25, 0.3) is 11.0 Å². The van der Waals surface area contributed by atoms with Crippen LogP contribution in [0.4, 0.5) is 0 Å². The number of para-hydroxylation sites is 1. The van der Waals surface area contributed by atoms with Crippen LogP contribution in [0.3, 0.4) is 0 Å². The summed E-state index contributed by atoms with van der Waals surface area (Å²) in [6, 6.07) is 8.77. The van der Waals surface area contributed by atoms with Gasteiger partial charge in [0.2, 0.25) is 0 Å². The summed E-state index contributed by atoms with van der Waals surface area (Å²) in [5.41, 5.74) is 0.969. The number of hydrogen-bond acceptors (Lipinski definition) is 2. The van der Waals surface area contributed by atoms with E-state index in [4.69, 9.17) is 4.42 Å². The van der Waals surface area contributed by atoms with E-state index in [1.165, 1.54) is 37.5 Å². The maximum Gasteiger partial charge on any atom is 0.148 e. The number of furan rings is 1. The molecule has 1 aromatic heterocycles. The molecule has 2 aromatic rings. The van der Waals surface area contributed by atoms with Crippen LogP contribution in [0.5, 0.6) is 0 Å². The van der Waals surface area contributed by atoms with E-state index in [-0.39, 0.29) is 0 Å². The van der Waals surface area contributed by atoms with Crippen LogP contribution < -0.4 is 5.32 Å². The van der Waals surface area contributed by atoms with Gasteiger partial charge in [0.15, 0.2) is 0 Å². The highest BCUT2D eigenvalue weighted by molar-refractivity contribution is 9.10. The van der Waals surface area contributed by atoms with Gasteiger partial charge in [0.25, 0.3) is 0 Å². The standard InChI is InChI=1S/C18H24BrNO/c1-3-12-7-4-5-9-14(12)17(20-2)16-11-13-8-6-10-15(19)18(13)21-16/h6,8,10-12,14,17,20H,3-5,7,9H2,1-2H3. The summed E-state index contributed by atoms with van der Waals surface area (Å²) in [5, 5.41) is 4.71. The molecular weight excluding hydrogens is 326 g/mol. The Morgan fingerprint density at radius 3 is 2.86 bits per heavy atom. The molecule has 1 N–H and O–H groups in total. The molecule has 3 heteroatoms. The lowest BCUT2D eigenvalue weighted by atomic mass is 9.73. The predicted molar refractivity (Wildman–Crippen MR) is 91.5 cm³/mol. The number of fused-ring (bicyclic) bond motifs is 1. The molecule has 2 nitrogen and oxygen atoms in total. The van der Waals surface area contributed by atoms with Crippen molar-refractivity contribution in [1.29, 1.82) is 0 Å². The van der Waals surface area contributed by atoms with Crippen LogP contribution in [0.15, 0.2) is 33.2 Å². The number of rotatable bonds is 4. The Morgan fingerprint density at radius 2 is 2.14 bits per heavy atom. The van der Waals surface area contributed by atoms with Gasteiger partial charge in [0.05, 0.1) is 10.5 Å². The molecule has 1 aliphatic carbocycles. The van der Waals surface area contributed by atoms with E-state index in [1.807, 2.05) is 6.07 Å². The molecule has 1 aromatic carbocycles. The fourth-order valence-corrected chi connectivity index (χ4v) is 4.41. The molecule has 1 saturated carbocycles. The molecule has 114 valence electrons. The Balaban J connectivity index is 1.95. The topological polar surface area (TPSA) is 25.2 Å².